The Morgan fingerprint density at radius 3 is 3.09 bits per heavy atom. The zero-order chi connectivity index (χ0) is 15.7. The van der Waals surface area contributed by atoms with Gasteiger partial charge >= 0.3 is 0 Å². The van der Waals surface area contributed by atoms with Crippen LogP contribution in [0.2, 0.25) is 0 Å². The molecule has 6 heteroatoms. The molecule has 1 spiro atoms. The normalized spacial score (nSPS) is 23.4. The smallest absolute Gasteiger partial charge is 0.251 e. The van der Waals surface area contributed by atoms with Crippen LogP contribution in [0.15, 0.2) is 24.5 Å². The van der Waals surface area contributed by atoms with Crippen molar-refractivity contribution in [3.05, 3.63) is 30.1 Å². The molecule has 2 aromatic rings. The number of carbonyl (C=O) groups is 1. The second-order valence-corrected chi connectivity index (χ2v) is 6.37. The summed E-state index contributed by atoms with van der Waals surface area (Å²) >= 11 is 0. The van der Waals surface area contributed by atoms with Gasteiger partial charge in [0.2, 0.25) is 0 Å². The zero-order valence-corrected chi connectivity index (χ0v) is 13.0. The van der Waals surface area contributed by atoms with Crippen LogP contribution < -0.4 is 5.32 Å². The highest BCUT2D eigenvalue weighted by Gasteiger charge is 2.42. The summed E-state index contributed by atoms with van der Waals surface area (Å²) in [4.78, 5) is 19.5. The third kappa shape index (κ3) is 2.96. The molecule has 0 unspecified atom stereocenters. The Morgan fingerprint density at radius 1 is 1.35 bits per heavy atom. The van der Waals surface area contributed by atoms with Gasteiger partial charge in [-0.05, 0) is 31.0 Å². The topological polar surface area (TPSA) is 76.2 Å². The maximum Gasteiger partial charge on any atom is 0.251 e. The monoisotopic (exact) mass is 315 g/mol. The van der Waals surface area contributed by atoms with E-state index in [9.17, 15) is 4.79 Å². The Labute approximate surface area is 134 Å². The maximum absolute atomic E-state index is 12.3. The molecule has 1 aliphatic carbocycles. The minimum atomic E-state index is -0.386. The molecule has 1 aliphatic heterocycles. The summed E-state index contributed by atoms with van der Waals surface area (Å²) in [6.07, 6.45) is 7.06. The number of imidazole rings is 1. The maximum atomic E-state index is 12.3. The fraction of sp³-hybridized carbons (Fsp3) is 0.529. The van der Waals surface area contributed by atoms with Crippen molar-refractivity contribution in [2.75, 3.05) is 13.2 Å². The highest BCUT2D eigenvalue weighted by molar-refractivity contribution is 5.97. The fourth-order valence-corrected chi connectivity index (χ4v) is 3.46. The van der Waals surface area contributed by atoms with Gasteiger partial charge in [0.05, 0.1) is 24.0 Å². The third-order valence-corrected chi connectivity index (χ3v) is 4.70. The van der Waals surface area contributed by atoms with Gasteiger partial charge in [-0.3, -0.25) is 4.79 Å². The summed E-state index contributed by atoms with van der Waals surface area (Å²) < 4.78 is 12.0. The second-order valence-electron chi connectivity index (χ2n) is 6.37. The lowest BCUT2D eigenvalue weighted by atomic mass is 9.94. The number of nitrogens with one attached hydrogen (secondary N) is 2. The summed E-state index contributed by atoms with van der Waals surface area (Å²) in [5, 5.41) is 2.94. The molecule has 23 heavy (non-hydrogen) atoms. The van der Waals surface area contributed by atoms with Crippen molar-refractivity contribution in [2.45, 2.75) is 44.0 Å². The molecular weight excluding hydrogens is 294 g/mol. The fourth-order valence-electron chi connectivity index (χ4n) is 3.46. The SMILES string of the molecule is O=C(NC[C@H]1COC2(CCCCC2)O1)c1ccc2nc[nH]c2c1. The summed E-state index contributed by atoms with van der Waals surface area (Å²) in [5.41, 5.74) is 2.33. The van der Waals surface area contributed by atoms with Gasteiger partial charge < -0.3 is 19.8 Å². The first-order valence-corrected chi connectivity index (χ1v) is 8.27. The van der Waals surface area contributed by atoms with Gasteiger partial charge in [-0.15, -0.1) is 0 Å². The minimum absolute atomic E-state index is 0.0621. The van der Waals surface area contributed by atoms with E-state index < -0.39 is 0 Å². The number of hydrogen-bond acceptors (Lipinski definition) is 4. The number of H-pyrrole nitrogens is 1. The van der Waals surface area contributed by atoms with Crippen LogP contribution in [0.3, 0.4) is 0 Å². The number of benzene rings is 1. The number of aromatic amines is 1. The third-order valence-electron chi connectivity index (χ3n) is 4.70. The van der Waals surface area contributed by atoms with E-state index in [2.05, 4.69) is 15.3 Å². The number of nitrogens with zero attached hydrogens (tertiary/aromatic N) is 1. The Balaban J connectivity index is 1.34. The van der Waals surface area contributed by atoms with E-state index in [-0.39, 0.29) is 17.8 Å². The first kappa shape index (κ1) is 14.7. The van der Waals surface area contributed by atoms with Gasteiger partial charge in [-0.25, -0.2) is 4.98 Å². The lowest BCUT2D eigenvalue weighted by Gasteiger charge is -2.31. The largest absolute Gasteiger partial charge is 0.349 e. The molecule has 4 rings (SSSR count). The molecule has 2 heterocycles. The summed E-state index contributed by atoms with van der Waals surface area (Å²) in [5.74, 6) is -0.489. The average Bonchev–Trinajstić information content (AvgIpc) is 3.20. The van der Waals surface area contributed by atoms with E-state index in [4.69, 9.17) is 9.47 Å². The molecule has 1 saturated heterocycles. The Kier molecular flexibility index (Phi) is 3.79. The molecular formula is C17H21N3O3. The summed E-state index contributed by atoms with van der Waals surface area (Å²) in [6.45, 7) is 1.03. The number of amides is 1. The molecule has 1 atom stereocenters. The van der Waals surface area contributed by atoms with Crippen molar-refractivity contribution in [3.63, 3.8) is 0 Å². The van der Waals surface area contributed by atoms with E-state index in [1.807, 2.05) is 12.1 Å². The van der Waals surface area contributed by atoms with E-state index in [0.717, 1.165) is 36.7 Å². The van der Waals surface area contributed by atoms with Crippen molar-refractivity contribution in [1.29, 1.82) is 0 Å². The first-order valence-electron chi connectivity index (χ1n) is 8.27. The number of carbonyl (C=O) groups excluding carboxylic acids is 1. The van der Waals surface area contributed by atoms with Crippen LogP contribution in [0.25, 0.3) is 11.0 Å². The van der Waals surface area contributed by atoms with Crippen molar-refractivity contribution >= 4 is 16.9 Å². The molecule has 1 aromatic heterocycles. The van der Waals surface area contributed by atoms with Crippen LogP contribution in [0.5, 0.6) is 0 Å². The molecule has 122 valence electrons. The second kappa shape index (κ2) is 5.94. The van der Waals surface area contributed by atoms with Gasteiger partial charge in [0.1, 0.15) is 6.10 Å². The van der Waals surface area contributed by atoms with Crippen molar-refractivity contribution in [1.82, 2.24) is 15.3 Å². The number of fused-ring (bicyclic) bond motifs is 1. The molecule has 0 bridgehead atoms. The Hall–Kier alpha value is -1.92. The van der Waals surface area contributed by atoms with E-state index >= 15 is 0 Å². The van der Waals surface area contributed by atoms with Gasteiger partial charge in [0.25, 0.3) is 5.91 Å². The zero-order valence-electron chi connectivity index (χ0n) is 13.0. The summed E-state index contributed by atoms with van der Waals surface area (Å²) in [7, 11) is 0. The van der Waals surface area contributed by atoms with E-state index in [1.54, 1.807) is 12.4 Å². The van der Waals surface area contributed by atoms with Crippen LogP contribution >= 0.6 is 0 Å². The number of aromatic nitrogens is 2. The number of hydrogen-bond donors (Lipinski definition) is 2. The Morgan fingerprint density at radius 2 is 2.22 bits per heavy atom. The molecule has 2 N–H and O–H groups in total. The molecule has 1 aromatic carbocycles. The number of rotatable bonds is 3. The van der Waals surface area contributed by atoms with E-state index in [0.29, 0.717) is 18.7 Å². The predicted octanol–water partition coefficient (Wildman–Crippen LogP) is 2.37. The average molecular weight is 315 g/mol. The molecule has 1 saturated carbocycles. The lowest BCUT2D eigenvalue weighted by Crippen LogP contribution is -2.37. The van der Waals surface area contributed by atoms with Crippen molar-refractivity contribution in [2.24, 2.45) is 0 Å². The Bertz CT molecular complexity index is 706. The molecule has 0 radical (unpaired) electrons. The van der Waals surface area contributed by atoms with Crippen molar-refractivity contribution < 1.29 is 14.3 Å². The minimum Gasteiger partial charge on any atom is -0.349 e. The van der Waals surface area contributed by atoms with Crippen LogP contribution in [-0.4, -0.2) is 40.9 Å². The van der Waals surface area contributed by atoms with Gasteiger partial charge in [-0.1, -0.05) is 6.42 Å². The van der Waals surface area contributed by atoms with Gasteiger partial charge in [-0.2, -0.15) is 0 Å². The van der Waals surface area contributed by atoms with Crippen LogP contribution in [0, 0.1) is 0 Å². The highest BCUT2D eigenvalue weighted by atomic mass is 16.7. The quantitative estimate of drug-likeness (QED) is 0.911. The molecule has 6 nitrogen and oxygen atoms in total. The molecule has 2 aliphatic rings. The standard InChI is InChI=1S/C17H21N3O3/c21-16(12-4-5-14-15(8-12)20-11-19-14)18-9-13-10-22-17(23-13)6-2-1-3-7-17/h4-5,8,11,13H,1-3,6-7,9-10H2,(H,18,21)(H,19,20)/t13-/m0/s1. The van der Waals surface area contributed by atoms with Crippen LogP contribution in [0.1, 0.15) is 42.5 Å². The van der Waals surface area contributed by atoms with Gasteiger partial charge in [0.15, 0.2) is 5.79 Å². The van der Waals surface area contributed by atoms with E-state index in [1.165, 1.54) is 6.42 Å². The number of ether oxygens (including phenoxy) is 2. The lowest BCUT2D eigenvalue weighted by molar-refractivity contribution is -0.186. The van der Waals surface area contributed by atoms with Crippen LogP contribution in [-0.2, 0) is 9.47 Å². The first-order chi connectivity index (χ1) is 11.2. The highest BCUT2D eigenvalue weighted by Crippen LogP contribution is 2.37. The molecule has 1 amide bonds. The van der Waals surface area contributed by atoms with Gasteiger partial charge in [0, 0.05) is 24.9 Å². The molecule has 2 fully saturated rings. The predicted molar refractivity (Wildman–Crippen MR) is 85.1 cm³/mol. The summed E-state index contributed by atoms with van der Waals surface area (Å²) in [6, 6.07) is 5.44. The van der Waals surface area contributed by atoms with Crippen molar-refractivity contribution in [3.8, 4) is 0 Å². The van der Waals surface area contributed by atoms with Crippen LogP contribution in [0.4, 0.5) is 0 Å².